The molecule has 2 aliphatic rings. The van der Waals surface area contributed by atoms with E-state index in [0.717, 1.165) is 25.7 Å². The van der Waals surface area contributed by atoms with Crippen LogP contribution in [0.1, 0.15) is 55.3 Å². The zero-order valence-electron chi connectivity index (χ0n) is 12.1. The average molecular weight is 292 g/mol. The largest absolute Gasteiger partial charge is 0.490 e. The lowest BCUT2D eigenvalue weighted by atomic mass is 9.83. The molecular formula is C17H21FO3. The maximum absolute atomic E-state index is 13.1. The number of rotatable bonds is 4. The lowest BCUT2D eigenvalue weighted by Crippen LogP contribution is -2.32. The molecule has 1 atom stereocenters. The van der Waals surface area contributed by atoms with Crippen molar-refractivity contribution in [3.05, 3.63) is 29.6 Å². The fourth-order valence-electron chi connectivity index (χ4n) is 3.50. The van der Waals surface area contributed by atoms with Gasteiger partial charge >= 0.3 is 0 Å². The monoisotopic (exact) mass is 292 g/mol. The van der Waals surface area contributed by atoms with E-state index in [1.165, 1.54) is 37.5 Å². The second kappa shape index (κ2) is 6.14. The molecule has 0 N–H and O–H groups in total. The molecule has 1 aliphatic heterocycles. The third-order valence-corrected chi connectivity index (χ3v) is 4.63. The minimum Gasteiger partial charge on any atom is -0.490 e. The molecule has 1 aromatic carbocycles. The molecule has 3 nitrogen and oxygen atoms in total. The first-order chi connectivity index (χ1) is 10.2. The number of carbonyl (C=O) groups excluding carboxylic acids is 1. The van der Waals surface area contributed by atoms with E-state index < -0.39 is 5.82 Å². The number of halogens is 1. The molecule has 0 aromatic heterocycles. The Kier molecular flexibility index (Phi) is 4.24. The van der Waals surface area contributed by atoms with Gasteiger partial charge in [0, 0.05) is 0 Å². The zero-order valence-corrected chi connectivity index (χ0v) is 12.1. The summed E-state index contributed by atoms with van der Waals surface area (Å²) in [5, 5.41) is 0. The normalized spacial score (nSPS) is 24.1. The first-order valence-corrected chi connectivity index (χ1v) is 7.76. The highest BCUT2D eigenvalue weighted by Crippen LogP contribution is 2.42. The Morgan fingerprint density at radius 2 is 2.10 bits per heavy atom. The molecule has 1 heterocycles. The maximum atomic E-state index is 13.1. The van der Waals surface area contributed by atoms with Gasteiger partial charge in [-0.25, -0.2) is 4.39 Å². The lowest BCUT2D eigenvalue weighted by Gasteiger charge is -2.33. The SMILES string of the molecule is O=Cc1cc(F)ccc1OCC1CCC2(CCCCC2)O1. The van der Waals surface area contributed by atoms with Crippen LogP contribution in [0.4, 0.5) is 4.39 Å². The van der Waals surface area contributed by atoms with Crippen LogP contribution in [0.3, 0.4) is 0 Å². The minimum atomic E-state index is -0.428. The highest BCUT2D eigenvalue weighted by molar-refractivity contribution is 5.79. The van der Waals surface area contributed by atoms with Crippen molar-refractivity contribution in [1.29, 1.82) is 0 Å². The molecule has 4 heteroatoms. The van der Waals surface area contributed by atoms with Crippen LogP contribution in [0.15, 0.2) is 18.2 Å². The van der Waals surface area contributed by atoms with Crippen molar-refractivity contribution in [1.82, 2.24) is 0 Å². The van der Waals surface area contributed by atoms with Gasteiger partial charge in [0.15, 0.2) is 6.29 Å². The predicted octanol–water partition coefficient (Wildman–Crippen LogP) is 3.90. The molecule has 1 saturated carbocycles. The van der Waals surface area contributed by atoms with E-state index in [4.69, 9.17) is 9.47 Å². The van der Waals surface area contributed by atoms with Gasteiger partial charge in [-0.2, -0.15) is 0 Å². The number of aldehydes is 1. The highest BCUT2D eigenvalue weighted by Gasteiger charge is 2.40. The van der Waals surface area contributed by atoms with Gasteiger partial charge in [0.2, 0.25) is 0 Å². The van der Waals surface area contributed by atoms with Crippen LogP contribution in [0.25, 0.3) is 0 Å². The topological polar surface area (TPSA) is 35.5 Å². The van der Waals surface area contributed by atoms with Gasteiger partial charge in [-0.15, -0.1) is 0 Å². The van der Waals surface area contributed by atoms with E-state index >= 15 is 0 Å². The van der Waals surface area contributed by atoms with Gasteiger partial charge in [-0.05, 0) is 43.9 Å². The summed E-state index contributed by atoms with van der Waals surface area (Å²) >= 11 is 0. The van der Waals surface area contributed by atoms with Gasteiger partial charge in [-0.1, -0.05) is 19.3 Å². The van der Waals surface area contributed by atoms with Gasteiger partial charge < -0.3 is 9.47 Å². The van der Waals surface area contributed by atoms with Crippen molar-refractivity contribution < 1.29 is 18.7 Å². The second-order valence-corrected chi connectivity index (χ2v) is 6.13. The third-order valence-electron chi connectivity index (χ3n) is 4.63. The second-order valence-electron chi connectivity index (χ2n) is 6.13. The van der Waals surface area contributed by atoms with Crippen molar-refractivity contribution in [2.24, 2.45) is 0 Å². The molecule has 2 fully saturated rings. The molecule has 21 heavy (non-hydrogen) atoms. The van der Waals surface area contributed by atoms with E-state index in [-0.39, 0.29) is 17.3 Å². The van der Waals surface area contributed by atoms with Crippen LogP contribution in [0.2, 0.25) is 0 Å². The minimum absolute atomic E-state index is 0.0720. The molecular weight excluding hydrogens is 271 g/mol. The van der Waals surface area contributed by atoms with E-state index in [1.807, 2.05) is 0 Å². The maximum Gasteiger partial charge on any atom is 0.153 e. The number of hydrogen-bond donors (Lipinski definition) is 0. The van der Waals surface area contributed by atoms with Crippen molar-refractivity contribution in [2.45, 2.75) is 56.7 Å². The molecule has 1 spiro atoms. The predicted molar refractivity (Wildman–Crippen MR) is 77.2 cm³/mol. The van der Waals surface area contributed by atoms with Gasteiger partial charge in [0.25, 0.3) is 0 Å². The summed E-state index contributed by atoms with van der Waals surface area (Å²) in [6, 6.07) is 4.01. The molecule has 1 aromatic rings. The summed E-state index contributed by atoms with van der Waals surface area (Å²) in [6.07, 6.45) is 8.91. The Morgan fingerprint density at radius 1 is 1.29 bits per heavy atom. The molecule has 3 rings (SSSR count). The Bertz CT molecular complexity index is 509. The number of carbonyl (C=O) groups is 1. The molecule has 0 bridgehead atoms. The quantitative estimate of drug-likeness (QED) is 0.790. The smallest absolute Gasteiger partial charge is 0.153 e. The third kappa shape index (κ3) is 3.26. The molecule has 1 aliphatic carbocycles. The number of benzene rings is 1. The first-order valence-electron chi connectivity index (χ1n) is 7.76. The molecule has 0 amide bonds. The van der Waals surface area contributed by atoms with E-state index in [0.29, 0.717) is 18.6 Å². The van der Waals surface area contributed by atoms with Crippen LogP contribution in [0.5, 0.6) is 5.75 Å². The van der Waals surface area contributed by atoms with Gasteiger partial charge in [0.1, 0.15) is 18.2 Å². The van der Waals surface area contributed by atoms with Gasteiger partial charge in [-0.3, -0.25) is 4.79 Å². The van der Waals surface area contributed by atoms with Crippen molar-refractivity contribution >= 4 is 6.29 Å². The van der Waals surface area contributed by atoms with Crippen molar-refractivity contribution in [3.63, 3.8) is 0 Å². The zero-order chi connectivity index (χ0) is 14.7. The summed E-state index contributed by atoms with van der Waals surface area (Å²) in [6.45, 7) is 0.425. The van der Waals surface area contributed by atoms with Crippen LogP contribution in [0, 0.1) is 5.82 Å². The first kappa shape index (κ1) is 14.5. The van der Waals surface area contributed by atoms with Crippen LogP contribution >= 0.6 is 0 Å². The lowest BCUT2D eigenvalue weighted by molar-refractivity contribution is -0.0749. The van der Waals surface area contributed by atoms with E-state index in [9.17, 15) is 9.18 Å². The summed E-state index contributed by atoms with van der Waals surface area (Å²) in [5.41, 5.74) is 0.322. The summed E-state index contributed by atoms with van der Waals surface area (Å²) in [4.78, 5) is 10.9. The Hall–Kier alpha value is -1.42. The van der Waals surface area contributed by atoms with E-state index in [1.54, 1.807) is 0 Å². The molecule has 1 saturated heterocycles. The molecule has 114 valence electrons. The van der Waals surface area contributed by atoms with Crippen LogP contribution in [-0.2, 0) is 4.74 Å². The van der Waals surface area contributed by atoms with E-state index in [2.05, 4.69) is 0 Å². The Morgan fingerprint density at radius 3 is 2.86 bits per heavy atom. The Labute approximate surface area is 124 Å². The fourth-order valence-corrected chi connectivity index (χ4v) is 3.50. The number of hydrogen-bond acceptors (Lipinski definition) is 3. The summed E-state index contributed by atoms with van der Waals surface area (Å²) in [5.74, 6) is 0.00215. The van der Waals surface area contributed by atoms with Crippen LogP contribution < -0.4 is 4.74 Å². The highest BCUT2D eigenvalue weighted by atomic mass is 19.1. The Balaban J connectivity index is 1.57. The number of ether oxygens (including phenoxy) is 2. The summed E-state index contributed by atoms with van der Waals surface area (Å²) < 4.78 is 25.0. The van der Waals surface area contributed by atoms with Crippen molar-refractivity contribution in [3.8, 4) is 5.75 Å². The summed E-state index contributed by atoms with van der Waals surface area (Å²) in [7, 11) is 0. The van der Waals surface area contributed by atoms with Crippen molar-refractivity contribution in [2.75, 3.05) is 6.61 Å². The molecule has 0 radical (unpaired) electrons. The van der Waals surface area contributed by atoms with Gasteiger partial charge in [0.05, 0.1) is 17.3 Å². The molecule has 1 unspecified atom stereocenters. The average Bonchev–Trinajstić information content (AvgIpc) is 2.89. The van der Waals surface area contributed by atoms with Crippen LogP contribution in [-0.4, -0.2) is 24.6 Å². The standard InChI is InChI=1S/C17H21FO3/c18-14-4-5-16(13(10-14)11-19)20-12-15-6-9-17(21-15)7-2-1-3-8-17/h4-5,10-11,15H,1-3,6-9,12H2. The fraction of sp³-hybridized carbons (Fsp3) is 0.588.